The van der Waals surface area contributed by atoms with Crippen LogP contribution in [0.1, 0.15) is 48.5 Å². The van der Waals surface area contributed by atoms with Crippen LogP contribution in [0.3, 0.4) is 0 Å². The van der Waals surface area contributed by atoms with E-state index < -0.39 is 0 Å². The first-order valence-corrected chi connectivity index (χ1v) is 8.51. The van der Waals surface area contributed by atoms with Crippen LogP contribution in [0.15, 0.2) is 33.2 Å². The van der Waals surface area contributed by atoms with E-state index in [0.717, 1.165) is 5.56 Å². The van der Waals surface area contributed by atoms with Crippen molar-refractivity contribution in [2.24, 2.45) is 0 Å². The number of hydrogen-bond donors (Lipinski definition) is 1. The fourth-order valence-corrected chi connectivity index (χ4v) is 2.59. The van der Waals surface area contributed by atoms with Crippen molar-refractivity contribution in [3.8, 4) is 17.2 Å². The third-order valence-electron chi connectivity index (χ3n) is 3.98. The van der Waals surface area contributed by atoms with Gasteiger partial charge in [0.1, 0.15) is 22.8 Å². The number of nitrogens with one attached hydrogen (secondary N) is 1. The average molecular weight is 370 g/mol. The Morgan fingerprint density at radius 2 is 2.04 bits per heavy atom. The van der Waals surface area contributed by atoms with Crippen molar-refractivity contribution in [1.82, 2.24) is 20.7 Å². The molecule has 8 heteroatoms. The molecular formula is C19H22N4O4. The molecule has 1 aromatic carbocycles. The Hall–Kier alpha value is -3.16. The lowest BCUT2D eigenvalue weighted by Gasteiger charge is -2.16. The molecule has 0 spiro atoms. The summed E-state index contributed by atoms with van der Waals surface area (Å²) < 4.78 is 16.0. The quantitative estimate of drug-likeness (QED) is 0.735. The first kappa shape index (κ1) is 18.6. The Kier molecular flexibility index (Phi) is 4.98. The molecule has 3 aromatic rings. The van der Waals surface area contributed by atoms with Crippen LogP contribution < -0.4 is 10.1 Å². The Labute approximate surface area is 156 Å². The zero-order valence-corrected chi connectivity index (χ0v) is 16.0. The first-order valence-electron chi connectivity index (χ1n) is 8.51. The lowest BCUT2D eigenvalue weighted by atomic mass is 9.88. The molecule has 2 heterocycles. The highest BCUT2D eigenvalue weighted by atomic mass is 16.5. The number of methoxy groups -OCH3 is 1. The van der Waals surface area contributed by atoms with Gasteiger partial charge in [0.25, 0.3) is 5.91 Å². The van der Waals surface area contributed by atoms with Crippen molar-refractivity contribution in [2.45, 2.75) is 39.7 Å². The summed E-state index contributed by atoms with van der Waals surface area (Å²) in [4.78, 5) is 12.6. The van der Waals surface area contributed by atoms with Gasteiger partial charge in [-0.3, -0.25) is 4.79 Å². The Morgan fingerprint density at radius 1 is 1.26 bits per heavy atom. The number of aromatic nitrogens is 3. The molecule has 0 bridgehead atoms. The zero-order chi connectivity index (χ0) is 19.6. The normalized spacial score (nSPS) is 11.4. The molecule has 0 saturated carbocycles. The van der Waals surface area contributed by atoms with Crippen LogP contribution >= 0.6 is 0 Å². The molecule has 0 radical (unpaired) electrons. The molecule has 27 heavy (non-hydrogen) atoms. The van der Waals surface area contributed by atoms with Crippen LogP contribution in [0.2, 0.25) is 0 Å². The maximum Gasteiger partial charge on any atom is 0.257 e. The van der Waals surface area contributed by atoms with Crippen molar-refractivity contribution in [1.29, 1.82) is 0 Å². The van der Waals surface area contributed by atoms with Gasteiger partial charge in [-0.1, -0.05) is 32.0 Å². The molecule has 1 amide bonds. The Bertz CT molecular complexity index is 953. The first-order chi connectivity index (χ1) is 12.8. The molecule has 0 aliphatic heterocycles. The van der Waals surface area contributed by atoms with Crippen molar-refractivity contribution >= 4 is 5.91 Å². The SMILES string of the molecule is COc1cccc(-c2nnc(CNC(=O)c3c(C(C)(C)C)noc3C)o2)c1. The van der Waals surface area contributed by atoms with E-state index >= 15 is 0 Å². The highest BCUT2D eigenvalue weighted by molar-refractivity contribution is 5.96. The highest BCUT2D eigenvalue weighted by Crippen LogP contribution is 2.27. The van der Waals surface area contributed by atoms with Crippen molar-refractivity contribution in [3.63, 3.8) is 0 Å². The Morgan fingerprint density at radius 3 is 2.74 bits per heavy atom. The number of ether oxygens (including phenoxy) is 1. The lowest BCUT2D eigenvalue weighted by molar-refractivity contribution is 0.0944. The average Bonchev–Trinajstić information content (AvgIpc) is 3.26. The van der Waals surface area contributed by atoms with Gasteiger partial charge in [0.2, 0.25) is 11.8 Å². The van der Waals surface area contributed by atoms with E-state index in [-0.39, 0.29) is 17.9 Å². The summed E-state index contributed by atoms with van der Waals surface area (Å²) >= 11 is 0. The number of amides is 1. The summed E-state index contributed by atoms with van der Waals surface area (Å²) in [5, 5.41) is 14.8. The van der Waals surface area contributed by atoms with Crippen LogP contribution in [-0.4, -0.2) is 28.4 Å². The van der Waals surface area contributed by atoms with Gasteiger partial charge in [-0.25, -0.2) is 0 Å². The van der Waals surface area contributed by atoms with E-state index in [1.54, 1.807) is 20.1 Å². The van der Waals surface area contributed by atoms with E-state index in [4.69, 9.17) is 13.7 Å². The molecule has 142 valence electrons. The van der Waals surface area contributed by atoms with E-state index in [0.29, 0.717) is 34.5 Å². The van der Waals surface area contributed by atoms with E-state index in [2.05, 4.69) is 20.7 Å². The monoisotopic (exact) mass is 370 g/mol. The molecule has 0 atom stereocenters. The topological polar surface area (TPSA) is 103 Å². The molecule has 0 aliphatic rings. The largest absolute Gasteiger partial charge is 0.497 e. The number of nitrogens with zero attached hydrogens (tertiary/aromatic N) is 3. The summed E-state index contributed by atoms with van der Waals surface area (Å²) in [6.45, 7) is 7.73. The van der Waals surface area contributed by atoms with Crippen LogP contribution in [0, 0.1) is 6.92 Å². The minimum Gasteiger partial charge on any atom is -0.497 e. The second kappa shape index (κ2) is 7.22. The van der Waals surface area contributed by atoms with E-state index in [9.17, 15) is 4.79 Å². The third kappa shape index (κ3) is 3.99. The molecule has 0 unspecified atom stereocenters. The number of aryl methyl sites for hydroxylation is 1. The maximum absolute atomic E-state index is 12.6. The van der Waals surface area contributed by atoms with Crippen LogP contribution in [-0.2, 0) is 12.0 Å². The second-order valence-electron chi connectivity index (χ2n) is 7.13. The van der Waals surface area contributed by atoms with Gasteiger partial charge >= 0.3 is 0 Å². The van der Waals surface area contributed by atoms with E-state index in [1.807, 2.05) is 39.0 Å². The summed E-state index contributed by atoms with van der Waals surface area (Å²) in [6.07, 6.45) is 0. The smallest absolute Gasteiger partial charge is 0.257 e. The fraction of sp³-hybridized carbons (Fsp3) is 0.368. The molecule has 0 fully saturated rings. The molecular weight excluding hydrogens is 348 g/mol. The van der Waals surface area contributed by atoms with Crippen LogP contribution in [0.4, 0.5) is 0 Å². The molecule has 2 aromatic heterocycles. The molecule has 8 nitrogen and oxygen atoms in total. The minimum atomic E-state index is -0.311. The second-order valence-corrected chi connectivity index (χ2v) is 7.13. The predicted octanol–water partition coefficient (Wildman–Crippen LogP) is 3.27. The molecule has 0 aliphatic carbocycles. The van der Waals surface area contributed by atoms with Crippen LogP contribution in [0.25, 0.3) is 11.5 Å². The Balaban J connectivity index is 1.72. The molecule has 0 saturated heterocycles. The number of benzene rings is 1. The lowest BCUT2D eigenvalue weighted by Crippen LogP contribution is -2.27. The number of carbonyl (C=O) groups excluding carboxylic acids is 1. The highest BCUT2D eigenvalue weighted by Gasteiger charge is 2.28. The van der Waals surface area contributed by atoms with Gasteiger partial charge < -0.3 is 19.0 Å². The minimum absolute atomic E-state index is 0.101. The zero-order valence-electron chi connectivity index (χ0n) is 16.0. The summed E-state index contributed by atoms with van der Waals surface area (Å²) in [7, 11) is 1.59. The summed E-state index contributed by atoms with van der Waals surface area (Å²) in [6, 6.07) is 7.30. The van der Waals surface area contributed by atoms with Gasteiger partial charge in [-0.15, -0.1) is 10.2 Å². The van der Waals surface area contributed by atoms with Gasteiger partial charge in [-0.05, 0) is 25.1 Å². The fourth-order valence-electron chi connectivity index (χ4n) is 2.59. The van der Waals surface area contributed by atoms with Gasteiger partial charge in [-0.2, -0.15) is 0 Å². The number of carbonyl (C=O) groups is 1. The number of rotatable bonds is 5. The maximum atomic E-state index is 12.6. The molecule has 1 N–H and O–H groups in total. The van der Waals surface area contributed by atoms with Crippen LogP contribution in [0.5, 0.6) is 5.75 Å². The van der Waals surface area contributed by atoms with Crippen molar-refractivity contribution in [2.75, 3.05) is 7.11 Å². The van der Waals surface area contributed by atoms with Gasteiger partial charge in [0, 0.05) is 11.0 Å². The standard InChI is InChI=1S/C19H22N4O4/c1-11-15(16(23-27-11)19(2,3)4)17(24)20-10-14-21-22-18(26-14)12-7-6-8-13(9-12)25-5/h6-9H,10H2,1-5H3,(H,20,24). The van der Waals surface area contributed by atoms with Gasteiger partial charge in [0.15, 0.2) is 0 Å². The summed E-state index contributed by atoms with van der Waals surface area (Å²) in [5.41, 5.74) is 1.48. The summed E-state index contributed by atoms with van der Waals surface area (Å²) in [5.74, 6) is 1.53. The van der Waals surface area contributed by atoms with Gasteiger partial charge in [0.05, 0.1) is 13.7 Å². The molecule has 3 rings (SSSR count). The number of hydrogen-bond acceptors (Lipinski definition) is 7. The van der Waals surface area contributed by atoms with E-state index in [1.165, 1.54) is 0 Å². The van der Waals surface area contributed by atoms with Crippen molar-refractivity contribution in [3.05, 3.63) is 47.2 Å². The predicted molar refractivity (Wildman–Crippen MR) is 97.4 cm³/mol. The third-order valence-corrected chi connectivity index (χ3v) is 3.98. The van der Waals surface area contributed by atoms with Crippen molar-refractivity contribution < 1.29 is 18.5 Å².